The third-order valence-electron chi connectivity index (χ3n) is 3.46. The lowest BCUT2D eigenvalue weighted by atomic mass is 9.82. The third-order valence-corrected chi connectivity index (χ3v) is 3.46. The summed E-state index contributed by atoms with van der Waals surface area (Å²) >= 11 is 0. The molecule has 0 aliphatic carbocycles. The highest BCUT2D eigenvalue weighted by molar-refractivity contribution is 5.85. The lowest BCUT2D eigenvalue weighted by Gasteiger charge is -2.30. The summed E-state index contributed by atoms with van der Waals surface area (Å²) in [6.07, 6.45) is 8.28. The first-order chi connectivity index (χ1) is 8.20. The predicted molar refractivity (Wildman–Crippen MR) is 83.4 cm³/mol. The van der Waals surface area contributed by atoms with E-state index < -0.39 is 0 Å². The molecule has 2 heteroatoms. The van der Waals surface area contributed by atoms with E-state index in [9.17, 15) is 0 Å². The molecule has 0 amide bonds. The van der Waals surface area contributed by atoms with Crippen LogP contribution in [0.2, 0.25) is 0 Å². The van der Waals surface area contributed by atoms with Gasteiger partial charge in [0.1, 0.15) is 0 Å². The number of halogens is 1. The molecule has 0 unspecified atom stereocenters. The van der Waals surface area contributed by atoms with Crippen LogP contribution in [0.1, 0.15) is 57.9 Å². The van der Waals surface area contributed by atoms with Crippen molar-refractivity contribution in [2.75, 3.05) is 0 Å². The molecule has 0 radical (unpaired) electrons. The summed E-state index contributed by atoms with van der Waals surface area (Å²) in [5.74, 6) is 0. The fourth-order valence-electron chi connectivity index (χ4n) is 2.36. The zero-order valence-electron chi connectivity index (χ0n) is 11.8. The summed E-state index contributed by atoms with van der Waals surface area (Å²) in [6.45, 7) is 4.48. The number of unbranched alkanes of at least 4 members (excludes halogenated alkanes) is 2. The van der Waals surface area contributed by atoms with Crippen molar-refractivity contribution in [1.82, 2.24) is 0 Å². The monoisotopic (exact) mass is 269 g/mol. The van der Waals surface area contributed by atoms with Crippen molar-refractivity contribution >= 4 is 12.4 Å². The van der Waals surface area contributed by atoms with Gasteiger partial charge in [0.2, 0.25) is 0 Å². The van der Waals surface area contributed by atoms with Gasteiger partial charge < -0.3 is 5.73 Å². The van der Waals surface area contributed by atoms with Crippen molar-refractivity contribution in [3.8, 4) is 0 Å². The Labute approximate surface area is 119 Å². The Morgan fingerprint density at radius 3 is 1.89 bits per heavy atom. The fraction of sp³-hybridized carbons (Fsp3) is 0.625. The van der Waals surface area contributed by atoms with Crippen LogP contribution in [0.15, 0.2) is 30.3 Å². The molecule has 1 rings (SSSR count). The van der Waals surface area contributed by atoms with Gasteiger partial charge in [0.05, 0.1) is 0 Å². The van der Waals surface area contributed by atoms with Crippen LogP contribution in [0.25, 0.3) is 0 Å². The quantitative estimate of drug-likeness (QED) is 0.725. The highest BCUT2D eigenvalue weighted by atomic mass is 35.5. The highest BCUT2D eigenvalue weighted by Gasteiger charge is 2.23. The zero-order chi connectivity index (χ0) is 12.6. The molecule has 18 heavy (non-hydrogen) atoms. The standard InChI is InChI=1S/C16H27N.ClH/c1-3-5-12-16(17,13-6-4-2)14-15-10-8-7-9-11-15;/h7-11H,3-6,12-14,17H2,1-2H3;1H. The summed E-state index contributed by atoms with van der Waals surface area (Å²) in [5.41, 5.74) is 7.99. The van der Waals surface area contributed by atoms with Gasteiger partial charge in [-0.3, -0.25) is 0 Å². The maximum atomic E-state index is 6.60. The van der Waals surface area contributed by atoms with E-state index in [4.69, 9.17) is 5.73 Å². The second-order valence-corrected chi connectivity index (χ2v) is 5.23. The molecule has 1 aromatic carbocycles. The molecule has 0 heterocycles. The minimum Gasteiger partial charge on any atom is -0.325 e. The Hall–Kier alpha value is -0.530. The normalized spacial score (nSPS) is 11.1. The number of hydrogen-bond donors (Lipinski definition) is 1. The van der Waals surface area contributed by atoms with E-state index in [0.29, 0.717) is 0 Å². The molecule has 1 nitrogen and oxygen atoms in total. The molecule has 104 valence electrons. The van der Waals surface area contributed by atoms with Gasteiger partial charge in [-0.05, 0) is 24.8 Å². The Kier molecular flexibility index (Phi) is 9.13. The van der Waals surface area contributed by atoms with E-state index in [-0.39, 0.29) is 17.9 Å². The van der Waals surface area contributed by atoms with Crippen LogP contribution in [0, 0.1) is 0 Å². The first-order valence-corrected chi connectivity index (χ1v) is 7.03. The second kappa shape index (κ2) is 9.41. The average molecular weight is 270 g/mol. The number of benzene rings is 1. The molecule has 2 N–H and O–H groups in total. The van der Waals surface area contributed by atoms with Crippen LogP contribution in [-0.2, 0) is 6.42 Å². The highest BCUT2D eigenvalue weighted by Crippen LogP contribution is 2.23. The van der Waals surface area contributed by atoms with E-state index in [1.807, 2.05) is 0 Å². The van der Waals surface area contributed by atoms with Gasteiger partial charge in [0.15, 0.2) is 0 Å². The maximum Gasteiger partial charge on any atom is 0.0195 e. The van der Waals surface area contributed by atoms with E-state index >= 15 is 0 Å². The Morgan fingerprint density at radius 2 is 1.44 bits per heavy atom. The average Bonchev–Trinajstić information content (AvgIpc) is 2.35. The van der Waals surface area contributed by atoms with Gasteiger partial charge in [-0.2, -0.15) is 0 Å². The van der Waals surface area contributed by atoms with Crippen molar-refractivity contribution in [2.45, 2.75) is 64.3 Å². The molecule has 0 bridgehead atoms. The molecule has 0 spiro atoms. The molecular formula is C16H28ClN. The predicted octanol–water partition coefficient (Wildman–Crippen LogP) is 4.73. The van der Waals surface area contributed by atoms with Gasteiger partial charge in [-0.25, -0.2) is 0 Å². The van der Waals surface area contributed by atoms with Crippen molar-refractivity contribution in [3.63, 3.8) is 0 Å². The van der Waals surface area contributed by atoms with Gasteiger partial charge in [-0.15, -0.1) is 12.4 Å². The minimum atomic E-state index is 0. The van der Waals surface area contributed by atoms with Crippen LogP contribution in [0.5, 0.6) is 0 Å². The molecule has 0 aromatic heterocycles. The summed E-state index contributed by atoms with van der Waals surface area (Å²) in [6, 6.07) is 10.7. The van der Waals surface area contributed by atoms with Crippen LogP contribution >= 0.6 is 12.4 Å². The Balaban J connectivity index is 0.00000289. The molecule has 0 aliphatic heterocycles. The van der Waals surface area contributed by atoms with E-state index in [1.165, 1.54) is 31.2 Å². The maximum absolute atomic E-state index is 6.60. The van der Waals surface area contributed by atoms with Crippen LogP contribution in [0.3, 0.4) is 0 Å². The fourth-order valence-corrected chi connectivity index (χ4v) is 2.36. The zero-order valence-corrected chi connectivity index (χ0v) is 12.6. The summed E-state index contributed by atoms with van der Waals surface area (Å²) in [4.78, 5) is 0. The van der Waals surface area contributed by atoms with Gasteiger partial charge in [0.25, 0.3) is 0 Å². The smallest absolute Gasteiger partial charge is 0.0195 e. The molecule has 0 saturated heterocycles. The van der Waals surface area contributed by atoms with Gasteiger partial charge in [0, 0.05) is 5.54 Å². The third kappa shape index (κ3) is 6.42. The van der Waals surface area contributed by atoms with Crippen LogP contribution in [0.4, 0.5) is 0 Å². The van der Waals surface area contributed by atoms with E-state index in [2.05, 4.69) is 44.2 Å². The lowest BCUT2D eigenvalue weighted by molar-refractivity contribution is 0.341. The van der Waals surface area contributed by atoms with Gasteiger partial charge in [-0.1, -0.05) is 69.9 Å². The van der Waals surface area contributed by atoms with E-state index in [1.54, 1.807) is 0 Å². The first-order valence-electron chi connectivity index (χ1n) is 7.03. The second-order valence-electron chi connectivity index (χ2n) is 5.23. The molecule has 0 fully saturated rings. The number of rotatable bonds is 8. The molecule has 0 atom stereocenters. The molecule has 1 aromatic rings. The number of nitrogens with two attached hydrogens (primary N) is 1. The summed E-state index contributed by atoms with van der Waals surface area (Å²) < 4.78 is 0. The SMILES string of the molecule is CCCCC(N)(CCCC)Cc1ccccc1.Cl. The summed E-state index contributed by atoms with van der Waals surface area (Å²) in [5, 5.41) is 0. The van der Waals surface area contributed by atoms with Crippen molar-refractivity contribution in [3.05, 3.63) is 35.9 Å². The van der Waals surface area contributed by atoms with Gasteiger partial charge >= 0.3 is 0 Å². The lowest BCUT2D eigenvalue weighted by Crippen LogP contribution is -2.42. The van der Waals surface area contributed by atoms with E-state index in [0.717, 1.165) is 19.3 Å². The molecular weight excluding hydrogens is 242 g/mol. The first kappa shape index (κ1) is 17.5. The molecule has 0 saturated carbocycles. The van der Waals surface area contributed by atoms with Crippen molar-refractivity contribution in [1.29, 1.82) is 0 Å². The molecule has 0 aliphatic rings. The Bertz CT molecular complexity index is 289. The van der Waals surface area contributed by atoms with Crippen molar-refractivity contribution in [2.24, 2.45) is 5.73 Å². The number of hydrogen-bond acceptors (Lipinski definition) is 1. The van der Waals surface area contributed by atoms with Crippen LogP contribution < -0.4 is 5.73 Å². The Morgan fingerprint density at radius 1 is 0.944 bits per heavy atom. The minimum absolute atomic E-state index is 0. The van der Waals surface area contributed by atoms with Crippen molar-refractivity contribution < 1.29 is 0 Å². The van der Waals surface area contributed by atoms with Crippen LogP contribution in [-0.4, -0.2) is 5.54 Å². The summed E-state index contributed by atoms with van der Waals surface area (Å²) in [7, 11) is 0. The topological polar surface area (TPSA) is 26.0 Å². The largest absolute Gasteiger partial charge is 0.325 e.